The van der Waals surface area contributed by atoms with E-state index in [1.165, 1.54) is 55.5 Å². The van der Waals surface area contributed by atoms with Gasteiger partial charge in [-0.2, -0.15) is 0 Å². The van der Waals surface area contributed by atoms with Gasteiger partial charge in [-0.3, -0.25) is 0 Å². The SMILES string of the molecule is CC(C)=C1CCCCCCN(C(C)C)C1=C(C)C. The van der Waals surface area contributed by atoms with Gasteiger partial charge in [0.1, 0.15) is 0 Å². The van der Waals surface area contributed by atoms with Gasteiger partial charge in [-0.05, 0) is 66.4 Å². The molecule has 1 nitrogen and oxygen atoms in total. The maximum Gasteiger partial charge on any atom is 0.0386 e. The van der Waals surface area contributed by atoms with Gasteiger partial charge in [0.25, 0.3) is 0 Å². The van der Waals surface area contributed by atoms with Crippen LogP contribution in [0.5, 0.6) is 0 Å². The van der Waals surface area contributed by atoms with E-state index >= 15 is 0 Å². The molecule has 1 aliphatic heterocycles. The fourth-order valence-corrected chi connectivity index (χ4v) is 2.93. The average Bonchev–Trinajstić information content (AvgIpc) is 2.37. The minimum absolute atomic E-state index is 0.599. The molecule has 1 heteroatoms. The Bertz CT molecular complexity index is 326. The van der Waals surface area contributed by atoms with Gasteiger partial charge in [-0.15, -0.1) is 0 Å². The Morgan fingerprint density at radius 2 is 1.50 bits per heavy atom. The van der Waals surface area contributed by atoms with Crippen LogP contribution in [0.4, 0.5) is 0 Å². The van der Waals surface area contributed by atoms with Gasteiger partial charge >= 0.3 is 0 Å². The maximum atomic E-state index is 2.63. The topological polar surface area (TPSA) is 3.24 Å². The highest BCUT2D eigenvalue weighted by molar-refractivity contribution is 5.36. The molecule has 1 rings (SSSR count). The van der Waals surface area contributed by atoms with E-state index in [0.717, 1.165) is 0 Å². The molecule has 0 spiro atoms. The average molecular weight is 249 g/mol. The van der Waals surface area contributed by atoms with Crippen LogP contribution in [0, 0.1) is 0 Å². The zero-order chi connectivity index (χ0) is 13.7. The molecule has 1 saturated heterocycles. The summed E-state index contributed by atoms with van der Waals surface area (Å²) in [5, 5.41) is 0. The molecular weight excluding hydrogens is 218 g/mol. The van der Waals surface area contributed by atoms with Crippen LogP contribution in [0.15, 0.2) is 22.4 Å². The fourth-order valence-electron chi connectivity index (χ4n) is 2.93. The van der Waals surface area contributed by atoms with Crippen molar-refractivity contribution in [2.45, 2.75) is 79.7 Å². The van der Waals surface area contributed by atoms with E-state index in [0.29, 0.717) is 6.04 Å². The summed E-state index contributed by atoms with van der Waals surface area (Å²) in [5.74, 6) is 0. The molecule has 0 amide bonds. The first kappa shape index (κ1) is 15.3. The summed E-state index contributed by atoms with van der Waals surface area (Å²) in [6.07, 6.45) is 6.72. The minimum atomic E-state index is 0.599. The van der Waals surface area contributed by atoms with Crippen molar-refractivity contribution in [3.8, 4) is 0 Å². The van der Waals surface area contributed by atoms with Crippen LogP contribution in [0.3, 0.4) is 0 Å². The smallest absolute Gasteiger partial charge is 0.0386 e. The molecule has 0 radical (unpaired) electrons. The third-order valence-corrected chi connectivity index (χ3v) is 3.85. The number of nitrogens with zero attached hydrogens (tertiary/aromatic N) is 1. The molecule has 0 atom stereocenters. The molecule has 0 aromatic carbocycles. The van der Waals surface area contributed by atoms with Crippen molar-refractivity contribution in [3.63, 3.8) is 0 Å². The summed E-state index contributed by atoms with van der Waals surface area (Å²) in [5.41, 5.74) is 6.11. The zero-order valence-corrected chi connectivity index (χ0v) is 13.3. The summed E-state index contributed by atoms with van der Waals surface area (Å²) >= 11 is 0. The molecule has 0 N–H and O–H groups in total. The Kier molecular flexibility index (Phi) is 5.98. The lowest BCUT2D eigenvalue weighted by Gasteiger charge is -2.34. The first-order chi connectivity index (χ1) is 8.45. The predicted molar refractivity (Wildman–Crippen MR) is 81.7 cm³/mol. The van der Waals surface area contributed by atoms with Gasteiger partial charge in [-0.25, -0.2) is 0 Å². The van der Waals surface area contributed by atoms with Gasteiger partial charge < -0.3 is 4.90 Å². The largest absolute Gasteiger partial charge is 0.369 e. The van der Waals surface area contributed by atoms with Crippen LogP contribution >= 0.6 is 0 Å². The van der Waals surface area contributed by atoms with E-state index in [2.05, 4.69) is 46.4 Å². The number of hydrogen-bond acceptors (Lipinski definition) is 1. The van der Waals surface area contributed by atoms with Gasteiger partial charge in [0.05, 0.1) is 0 Å². The molecule has 104 valence electrons. The van der Waals surface area contributed by atoms with E-state index in [1.807, 2.05) is 0 Å². The normalized spacial score (nSPS) is 18.5. The van der Waals surface area contributed by atoms with Crippen molar-refractivity contribution in [3.05, 3.63) is 22.4 Å². The molecule has 0 aliphatic carbocycles. The molecule has 0 aromatic heterocycles. The summed E-state index contributed by atoms with van der Waals surface area (Å²) in [4.78, 5) is 2.63. The van der Waals surface area contributed by atoms with Crippen LogP contribution in [-0.2, 0) is 0 Å². The lowest BCUT2D eigenvalue weighted by molar-refractivity contribution is 0.281. The zero-order valence-electron chi connectivity index (χ0n) is 13.3. The predicted octanol–water partition coefficient (Wildman–Crippen LogP) is 5.29. The van der Waals surface area contributed by atoms with E-state index in [-0.39, 0.29) is 0 Å². The Morgan fingerprint density at radius 1 is 0.889 bits per heavy atom. The minimum Gasteiger partial charge on any atom is -0.369 e. The second kappa shape index (κ2) is 7.01. The molecule has 0 unspecified atom stereocenters. The van der Waals surface area contributed by atoms with E-state index in [4.69, 9.17) is 0 Å². The van der Waals surface area contributed by atoms with Crippen molar-refractivity contribution in [2.24, 2.45) is 0 Å². The van der Waals surface area contributed by atoms with Crippen molar-refractivity contribution in [1.82, 2.24) is 4.90 Å². The van der Waals surface area contributed by atoms with Gasteiger partial charge in [-0.1, -0.05) is 24.0 Å². The highest BCUT2D eigenvalue weighted by Gasteiger charge is 2.20. The Morgan fingerprint density at radius 3 is 2.00 bits per heavy atom. The van der Waals surface area contributed by atoms with Crippen LogP contribution < -0.4 is 0 Å². The molecule has 0 bridgehead atoms. The fraction of sp³-hybridized carbons (Fsp3) is 0.765. The number of hydrogen-bond donors (Lipinski definition) is 0. The van der Waals surface area contributed by atoms with Crippen molar-refractivity contribution in [2.75, 3.05) is 6.54 Å². The highest BCUT2D eigenvalue weighted by atomic mass is 15.2. The van der Waals surface area contributed by atoms with E-state index < -0.39 is 0 Å². The second-order valence-electron chi connectivity index (χ2n) is 6.28. The van der Waals surface area contributed by atoms with Crippen LogP contribution in [0.2, 0.25) is 0 Å². The Hall–Kier alpha value is -0.720. The van der Waals surface area contributed by atoms with E-state index in [9.17, 15) is 0 Å². The maximum absolute atomic E-state index is 2.63. The van der Waals surface area contributed by atoms with Crippen molar-refractivity contribution < 1.29 is 0 Å². The molecule has 0 saturated carbocycles. The summed E-state index contributed by atoms with van der Waals surface area (Å²) in [6.45, 7) is 14.9. The third kappa shape index (κ3) is 3.90. The van der Waals surface area contributed by atoms with Crippen LogP contribution in [-0.4, -0.2) is 17.5 Å². The number of allylic oxidation sites excluding steroid dienone is 3. The Balaban J connectivity index is 3.21. The summed E-state index contributed by atoms with van der Waals surface area (Å²) in [6, 6.07) is 0.599. The monoisotopic (exact) mass is 249 g/mol. The third-order valence-electron chi connectivity index (χ3n) is 3.85. The van der Waals surface area contributed by atoms with Crippen LogP contribution in [0.25, 0.3) is 0 Å². The molecular formula is C17H31N. The molecule has 18 heavy (non-hydrogen) atoms. The first-order valence-corrected chi connectivity index (χ1v) is 7.56. The van der Waals surface area contributed by atoms with E-state index in [1.54, 1.807) is 5.57 Å². The number of rotatable bonds is 1. The quantitative estimate of drug-likeness (QED) is 0.610. The first-order valence-electron chi connectivity index (χ1n) is 7.56. The second-order valence-corrected chi connectivity index (χ2v) is 6.28. The standard InChI is InChI=1S/C17H31N/c1-13(2)16-11-9-7-8-10-12-18(15(5)6)17(16)14(3)4/h15H,7-12H2,1-6H3. The molecule has 1 aliphatic rings. The summed E-state index contributed by atoms with van der Waals surface area (Å²) < 4.78 is 0. The van der Waals surface area contributed by atoms with Gasteiger partial charge in [0, 0.05) is 18.3 Å². The highest BCUT2D eigenvalue weighted by Crippen LogP contribution is 2.30. The summed E-state index contributed by atoms with van der Waals surface area (Å²) in [7, 11) is 0. The molecule has 1 fully saturated rings. The Labute approximate surface area is 114 Å². The molecule has 1 heterocycles. The van der Waals surface area contributed by atoms with Crippen LogP contribution in [0.1, 0.15) is 73.6 Å². The lowest BCUT2D eigenvalue weighted by atomic mass is 9.96. The van der Waals surface area contributed by atoms with Gasteiger partial charge in [0.2, 0.25) is 0 Å². The van der Waals surface area contributed by atoms with Gasteiger partial charge in [0.15, 0.2) is 0 Å². The van der Waals surface area contributed by atoms with Crippen molar-refractivity contribution >= 4 is 0 Å². The lowest BCUT2D eigenvalue weighted by Crippen LogP contribution is -2.32. The van der Waals surface area contributed by atoms with Crippen molar-refractivity contribution in [1.29, 1.82) is 0 Å². The molecule has 0 aromatic rings.